The predicted octanol–water partition coefficient (Wildman–Crippen LogP) is 4.01. The van der Waals surface area contributed by atoms with Crippen molar-refractivity contribution < 1.29 is 13.9 Å². The van der Waals surface area contributed by atoms with Crippen LogP contribution in [0.3, 0.4) is 0 Å². The molecule has 1 aliphatic heterocycles. The summed E-state index contributed by atoms with van der Waals surface area (Å²) in [7, 11) is 2.08. The van der Waals surface area contributed by atoms with Crippen LogP contribution in [-0.4, -0.2) is 50.6 Å². The summed E-state index contributed by atoms with van der Waals surface area (Å²) in [6.07, 6.45) is 0. The minimum atomic E-state index is -0.530. The molecule has 2 aromatic carbocycles. The molecular weight excluding hydrogens is 437 g/mol. The Bertz CT molecular complexity index is 829. The second-order valence-corrected chi connectivity index (χ2v) is 7.72. The fraction of sp³-hybridized carbons (Fsp3) is 0.316. The summed E-state index contributed by atoms with van der Waals surface area (Å²) in [5, 5.41) is 3.36. The molecule has 0 atom stereocenters. The second-order valence-electron chi connectivity index (χ2n) is 6.36. The van der Waals surface area contributed by atoms with Crippen molar-refractivity contribution in [2.75, 3.05) is 50.1 Å². The average Bonchev–Trinajstić information content (AvgIpc) is 2.62. The molecule has 0 aromatic heterocycles. The molecule has 0 aliphatic carbocycles. The Hall–Kier alpha value is -1.83. The third-order valence-electron chi connectivity index (χ3n) is 4.33. The number of benzene rings is 2. The Labute approximate surface area is 171 Å². The van der Waals surface area contributed by atoms with Crippen molar-refractivity contribution in [3.8, 4) is 5.75 Å². The molecule has 1 amide bonds. The first kappa shape index (κ1) is 19.9. The van der Waals surface area contributed by atoms with E-state index < -0.39 is 5.82 Å². The Morgan fingerprint density at radius 1 is 1.22 bits per heavy atom. The van der Waals surface area contributed by atoms with Crippen LogP contribution in [0.5, 0.6) is 5.75 Å². The number of halogens is 3. The number of hydrogen-bond acceptors (Lipinski definition) is 4. The zero-order chi connectivity index (χ0) is 19.4. The maximum Gasteiger partial charge on any atom is 0.262 e. The van der Waals surface area contributed by atoms with E-state index >= 15 is 0 Å². The van der Waals surface area contributed by atoms with Gasteiger partial charge in [-0.25, -0.2) is 4.39 Å². The van der Waals surface area contributed by atoms with Gasteiger partial charge < -0.3 is 19.9 Å². The van der Waals surface area contributed by atoms with Crippen LogP contribution in [0.2, 0.25) is 5.02 Å². The van der Waals surface area contributed by atoms with Gasteiger partial charge in [0.25, 0.3) is 5.91 Å². The van der Waals surface area contributed by atoms with Crippen molar-refractivity contribution in [3.63, 3.8) is 0 Å². The topological polar surface area (TPSA) is 44.8 Å². The van der Waals surface area contributed by atoms with E-state index in [1.54, 1.807) is 18.2 Å². The molecule has 1 saturated heterocycles. The molecule has 0 spiro atoms. The Morgan fingerprint density at radius 3 is 2.67 bits per heavy atom. The molecule has 5 nitrogen and oxygen atoms in total. The van der Waals surface area contributed by atoms with Gasteiger partial charge >= 0.3 is 0 Å². The first-order valence-electron chi connectivity index (χ1n) is 8.53. The van der Waals surface area contributed by atoms with E-state index in [9.17, 15) is 9.18 Å². The number of carbonyl (C=O) groups excluding carboxylic acids is 1. The minimum Gasteiger partial charge on any atom is -0.481 e. The van der Waals surface area contributed by atoms with Crippen LogP contribution in [0.1, 0.15) is 0 Å². The highest BCUT2D eigenvalue weighted by Gasteiger charge is 2.18. The smallest absolute Gasteiger partial charge is 0.262 e. The summed E-state index contributed by atoms with van der Waals surface area (Å²) in [5.74, 6) is -0.883. The second kappa shape index (κ2) is 8.91. The van der Waals surface area contributed by atoms with E-state index in [2.05, 4.69) is 38.1 Å². The molecule has 27 heavy (non-hydrogen) atoms. The van der Waals surface area contributed by atoms with Gasteiger partial charge in [-0.3, -0.25) is 4.79 Å². The number of nitrogens with one attached hydrogen (secondary N) is 1. The minimum absolute atomic E-state index is 0.0266. The molecule has 1 aliphatic rings. The van der Waals surface area contributed by atoms with Crippen LogP contribution in [0.15, 0.2) is 40.9 Å². The number of rotatable bonds is 5. The number of nitrogens with zero attached hydrogens (tertiary/aromatic N) is 2. The Balaban J connectivity index is 1.67. The number of hydrogen-bond donors (Lipinski definition) is 1. The maximum atomic E-state index is 13.8. The predicted molar refractivity (Wildman–Crippen MR) is 109 cm³/mol. The lowest BCUT2D eigenvalue weighted by atomic mass is 10.2. The van der Waals surface area contributed by atoms with E-state index in [0.29, 0.717) is 15.2 Å². The van der Waals surface area contributed by atoms with E-state index in [0.717, 1.165) is 31.9 Å². The maximum absolute atomic E-state index is 13.8. The molecule has 8 heteroatoms. The van der Waals surface area contributed by atoms with Gasteiger partial charge in [-0.2, -0.15) is 0 Å². The normalized spacial score (nSPS) is 14.9. The molecule has 144 valence electrons. The molecule has 0 saturated carbocycles. The van der Waals surface area contributed by atoms with Crippen LogP contribution in [0.4, 0.5) is 15.8 Å². The van der Waals surface area contributed by atoms with Crippen molar-refractivity contribution in [1.82, 2.24) is 4.90 Å². The van der Waals surface area contributed by atoms with E-state index in [1.165, 1.54) is 12.1 Å². The van der Waals surface area contributed by atoms with Gasteiger partial charge in [-0.05, 0) is 43.4 Å². The Morgan fingerprint density at radius 2 is 1.96 bits per heavy atom. The van der Waals surface area contributed by atoms with Crippen LogP contribution >= 0.6 is 27.5 Å². The SMILES string of the molecule is CN1CCN(c2ccc(Cl)cc2NC(=O)COc2ccc(Br)cc2F)CC1. The number of ether oxygens (including phenoxy) is 1. The van der Waals surface area contributed by atoms with Crippen LogP contribution in [0.25, 0.3) is 0 Å². The van der Waals surface area contributed by atoms with E-state index in [-0.39, 0.29) is 18.3 Å². The Kier molecular flexibility index (Phi) is 6.57. The summed E-state index contributed by atoms with van der Waals surface area (Å²) in [6, 6.07) is 9.83. The molecule has 3 rings (SSSR count). The zero-order valence-electron chi connectivity index (χ0n) is 14.8. The van der Waals surface area contributed by atoms with Crippen molar-refractivity contribution in [2.24, 2.45) is 0 Å². The van der Waals surface area contributed by atoms with Crippen LogP contribution in [-0.2, 0) is 4.79 Å². The van der Waals surface area contributed by atoms with Crippen LogP contribution < -0.4 is 15.0 Å². The van der Waals surface area contributed by atoms with Gasteiger partial charge in [0.15, 0.2) is 18.2 Å². The number of amides is 1. The van der Waals surface area contributed by atoms with Crippen molar-refractivity contribution in [3.05, 3.63) is 51.7 Å². The van der Waals surface area contributed by atoms with E-state index in [1.807, 2.05) is 6.07 Å². The quantitative estimate of drug-likeness (QED) is 0.738. The lowest BCUT2D eigenvalue weighted by molar-refractivity contribution is -0.118. The number of piperazine rings is 1. The molecule has 1 heterocycles. The zero-order valence-corrected chi connectivity index (χ0v) is 17.2. The highest BCUT2D eigenvalue weighted by molar-refractivity contribution is 9.10. The molecule has 1 fully saturated rings. The van der Waals surface area contributed by atoms with Gasteiger partial charge in [0.05, 0.1) is 11.4 Å². The summed E-state index contributed by atoms with van der Waals surface area (Å²) in [5.41, 5.74) is 1.53. The van der Waals surface area contributed by atoms with Crippen molar-refractivity contribution in [2.45, 2.75) is 0 Å². The van der Waals surface area contributed by atoms with Crippen LogP contribution in [0, 0.1) is 5.82 Å². The lowest BCUT2D eigenvalue weighted by Gasteiger charge is -2.35. The third-order valence-corrected chi connectivity index (χ3v) is 5.06. The summed E-state index contributed by atoms with van der Waals surface area (Å²) in [6.45, 7) is 3.32. The van der Waals surface area contributed by atoms with Gasteiger partial charge in [0.2, 0.25) is 0 Å². The van der Waals surface area contributed by atoms with Gasteiger partial charge in [0.1, 0.15) is 0 Å². The van der Waals surface area contributed by atoms with Gasteiger partial charge in [-0.1, -0.05) is 27.5 Å². The molecule has 0 unspecified atom stereocenters. The largest absolute Gasteiger partial charge is 0.481 e. The fourth-order valence-corrected chi connectivity index (χ4v) is 3.36. The van der Waals surface area contributed by atoms with Crippen molar-refractivity contribution in [1.29, 1.82) is 0 Å². The molecule has 0 bridgehead atoms. The number of anilines is 2. The summed E-state index contributed by atoms with van der Waals surface area (Å²) < 4.78 is 19.7. The third kappa shape index (κ3) is 5.34. The number of likely N-dealkylation sites (N-methyl/N-ethyl adjacent to an activating group) is 1. The molecule has 1 N–H and O–H groups in total. The van der Waals surface area contributed by atoms with Gasteiger partial charge in [-0.15, -0.1) is 0 Å². The van der Waals surface area contributed by atoms with Crippen molar-refractivity contribution >= 4 is 44.8 Å². The van der Waals surface area contributed by atoms with E-state index in [4.69, 9.17) is 16.3 Å². The monoisotopic (exact) mass is 455 g/mol. The highest BCUT2D eigenvalue weighted by atomic mass is 79.9. The summed E-state index contributed by atoms with van der Waals surface area (Å²) >= 11 is 9.29. The highest BCUT2D eigenvalue weighted by Crippen LogP contribution is 2.30. The molecule has 2 aromatic rings. The molecular formula is C19H20BrClFN3O2. The summed E-state index contributed by atoms with van der Waals surface area (Å²) in [4.78, 5) is 16.8. The first-order chi connectivity index (χ1) is 12.9. The first-order valence-corrected chi connectivity index (χ1v) is 9.70. The standard InChI is InChI=1S/C19H20BrClFN3O2/c1-24-6-8-25(9-7-24)17-4-3-14(21)11-16(17)23-19(26)12-27-18-5-2-13(20)10-15(18)22/h2-5,10-11H,6-9,12H2,1H3,(H,23,26). The number of carbonyl (C=O) groups is 1. The average molecular weight is 457 g/mol. The lowest BCUT2D eigenvalue weighted by Crippen LogP contribution is -2.44. The molecule has 0 radical (unpaired) electrons. The fourth-order valence-electron chi connectivity index (χ4n) is 2.85. The van der Waals surface area contributed by atoms with Gasteiger partial charge in [0, 0.05) is 35.7 Å².